The lowest BCUT2D eigenvalue weighted by atomic mass is 9.98. The summed E-state index contributed by atoms with van der Waals surface area (Å²) in [6.07, 6.45) is -7.73. The zero-order valence-electron chi connectivity index (χ0n) is 19.2. The molecule has 0 spiro atoms. The second-order valence-electron chi connectivity index (χ2n) is 8.58. The molecule has 5 N–H and O–H groups in total. The summed E-state index contributed by atoms with van der Waals surface area (Å²) in [7, 11) is 0. The van der Waals surface area contributed by atoms with E-state index in [0.717, 1.165) is 16.5 Å². The molecule has 0 unspecified atom stereocenters. The average molecular weight is 502 g/mol. The van der Waals surface area contributed by atoms with Crippen molar-refractivity contribution < 1.29 is 53.7 Å². The molecule has 11 nitrogen and oxygen atoms in total. The van der Waals surface area contributed by atoms with E-state index in [-0.39, 0.29) is 23.5 Å². The quantitative estimate of drug-likeness (QED) is 0.225. The molecule has 1 aliphatic rings. The molecule has 2 heterocycles. The van der Waals surface area contributed by atoms with Gasteiger partial charge in [0.05, 0.1) is 6.26 Å². The predicted octanol–water partition coefficient (Wildman–Crippen LogP) is 2.14. The van der Waals surface area contributed by atoms with E-state index in [1.807, 2.05) is 18.2 Å². The third kappa shape index (κ3) is 5.44. The zero-order valence-corrected chi connectivity index (χ0v) is 19.2. The zero-order chi connectivity index (χ0) is 26.0. The van der Waals surface area contributed by atoms with Gasteiger partial charge >= 0.3 is 6.16 Å². The van der Waals surface area contributed by atoms with E-state index >= 15 is 0 Å². The van der Waals surface area contributed by atoms with Gasteiger partial charge < -0.3 is 44.2 Å². The number of aliphatic hydroxyl groups excluding tert-OH is 3. The van der Waals surface area contributed by atoms with Gasteiger partial charge in [-0.25, -0.2) is 4.79 Å². The molecular formula is C25H26O11. The Kier molecular flexibility index (Phi) is 7.45. The summed E-state index contributed by atoms with van der Waals surface area (Å²) < 4.78 is 20.9. The first-order valence-corrected chi connectivity index (χ1v) is 11.2. The molecule has 3 aromatic rings. The number of ketones is 1. The Labute approximate surface area is 205 Å². The van der Waals surface area contributed by atoms with Crippen molar-refractivity contribution in [1.82, 2.24) is 0 Å². The lowest BCUT2D eigenvalue weighted by Gasteiger charge is -2.40. The number of aromatic hydroxyl groups is 1. The largest absolute Gasteiger partial charge is 0.507 e. The second-order valence-corrected chi connectivity index (χ2v) is 8.58. The van der Waals surface area contributed by atoms with Crippen LogP contribution in [0.4, 0.5) is 4.79 Å². The highest BCUT2D eigenvalue weighted by molar-refractivity contribution is 6.01. The van der Waals surface area contributed by atoms with E-state index in [2.05, 4.69) is 4.74 Å². The van der Waals surface area contributed by atoms with Crippen LogP contribution < -0.4 is 4.74 Å². The molecule has 1 saturated heterocycles. The minimum absolute atomic E-state index is 0.0286. The number of phenolic OH excluding ortho intramolecular Hbond substituents is 1. The van der Waals surface area contributed by atoms with Crippen LogP contribution in [0, 0.1) is 6.92 Å². The number of carbonyl (C=O) groups is 2. The molecule has 0 saturated carbocycles. The molecule has 0 bridgehead atoms. The first kappa shape index (κ1) is 25.5. The summed E-state index contributed by atoms with van der Waals surface area (Å²) in [4.78, 5) is 23.8. The van der Waals surface area contributed by atoms with Crippen LogP contribution in [-0.2, 0) is 15.9 Å². The van der Waals surface area contributed by atoms with Crippen molar-refractivity contribution in [2.75, 3.05) is 6.61 Å². The van der Waals surface area contributed by atoms with Gasteiger partial charge in [0, 0.05) is 11.8 Å². The number of ether oxygens (including phenoxy) is 3. The number of carbonyl (C=O) groups excluding carboxylic acids is 1. The SMILES string of the molecule is Cc1cc(O)c(C(=O)CCc2ccc3occc3c2)c(O[C@@H]2O[C@H](COC(=O)O)[C@@H](O)[C@H](O)[C@H]2O)c1. The summed E-state index contributed by atoms with van der Waals surface area (Å²) in [5, 5.41) is 50.8. The summed E-state index contributed by atoms with van der Waals surface area (Å²) >= 11 is 0. The molecule has 0 radical (unpaired) electrons. The van der Waals surface area contributed by atoms with Crippen LogP contribution in [0.5, 0.6) is 11.5 Å². The lowest BCUT2D eigenvalue weighted by molar-refractivity contribution is -0.277. The van der Waals surface area contributed by atoms with Gasteiger partial charge in [0.2, 0.25) is 6.29 Å². The van der Waals surface area contributed by atoms with E-state index in [1.165, 1.54) is 12.1 Å². The summed E-state index contributed by atoms with van der Waals surface area (Å²) in [6.45, 7) is 1.02. The average Bonchev–Trinajstić information content (AvgIpc) is 3.29. The van der Waals surface area contributed by atoms with Gasteiger partial charge in [-0.15, -0.1) is 0 Å². The monoisotopic (exact) mass is 502 g/mol. The number of hydrogen-bond acceptors (Lipinski definition) is 10. The van der Waals surface area contributed by atoms with Crippen LogP contribution >= 0.6 is 0 Å². The summed E-state index contributed by atoms with van der Waals surface area (Å²) in [5.74, 6) is -0.878. The van der Waals surface area contributed by atoms with Crippen LogP contribution in [0.15, 0.2) is 47.1 Å². The molecule has 4 rings (SSSR count). The number of Topliss-reactive ketones (excluding diaryl/α,β-unsaturated/α-hetero) is 1. The van der Waals surface area contributed by atoms with Crippen molar-refractivity contribution >= 4 is 22.9 Å². The highest BCUT2D eigenvalue weighted by Gasteiger charge is 2.46. The van der Waals surface area contributed by atoms with Gasteiger partial charge in [-0.1, -0.05) is 6.07 Å². The maximum Gasteiger partial charge on any atom is 0.505 e. The number of phenols is 1. The molecule has 11 heteroatoms. The fraction of sp³-hybridized carbons (Fsp3) is 0.360. The molecule has 5 atom stereocenters. The molecule has 0 amide bonds. The third-order valence-corrected chi connectivity index (χ3v) is 5.94. The molecule has 1 fully saturated rings. The number of hydrogen-bond donors (Lipinski definition) is 5. The number of fused-ring (bicyclic) bond motifs is 1. The fourth-order valence-electron chi connectivity index (χ4n) is 4.09. The number of benzene rings is 2. The Bertz CT molecular complexity index is 1250. The van der Waals surface area contributed by atoms with Gasteiger partial charge in [0.25, 0.3) is 0 Å². The van der Waals surface area contributed by atoms with Gasteiger partial charge in [-0.05, 0) is 54.8 Å². The Morgan fingerprint density at radius 1 is 1.03 bits per heavy atom. The van der Waals surface area contributed by atoms with Crippen LogP contribution in [0.1, 0.15) is 27.9 Å². The Balaban J connectivity index is 1.53. The second kappa shape index (κ2) is 10.5. The predicted molar refractivity (Wildman–Crippen MR) is 123 cm³/mol. The Morgan fingerprint density at radius 3 is 2.56 bits per heavy atom. The van der Waals surface area contributed by atoms with E-state index in [4.69, 9.17) is 19.0 Å². The van der Waals surface area contributed by atoms with Gasteiger partial charge in [0.15, 0.2) is 5.78 Å². The first-order valence-electron chi connectivity index (χ1n) is 11.2. The highest BCUT2D eigenvalue weighted by Crippen LogP contribution is 2.34. The molecule has 36 heavy (non-hydrogen) atoms. The van der Waals surface area contributed by atoms with E-state index < -0.39 is 49.3 Å². The third-order valence-electron chi connectivity index (χ3n) is 5.94. The smallest absolute Gasteiger partial charge is 0.505 e. The number of aryl methyl sites for hydroxylation is 2. The van der Waals surface area contributed by atoms with Crippen molar-refractivity contribution in [3.8, 4) is 11.5 Å². The normalized spacial score (nSPS) is 23.9. The molecular weight excluding hydrogens is 476 g/mol. The molecule has 0 aliphatic carbocycles. The van der Waals surface area contributed by atoms with Crippen molar-refractivity contribution in [2.24, 2.45) is 0 Å². The number of aliphatic hydroxyl groups is 3. The number of carboxylic acid groups (broad SMARTS) is 1. The fourth-order valence-corrected chi connectivity index (χ4v) is 4.09. The van der Waals surface area contributed by atoms with Crippen LogP contribution in [-0.4, -0.2) is 74.8 Å². The van der Waals surface area contributed by atoms with Crippen molar-refractivity contribution in [1.29, 1.82) is 0 Å². The van der Waals surface area contributed by atoms with Crippen LogP contribution in [0.2, 0.25) is 0 Å². The van der Waals surface area contributed by atoms with Crippen molar-refractivity contribution in [2.45, 2.75) is 50.5 Å². The van der Waals surface area contributed by atoms with Crippen molar-refractivity contribution in [3.63, 3.8) is 0 Å². The summed E-state index contributed by atoms with van der Waals surface area (Å²) in [5.41, 5.74) is 2.01. The van der Waals surface area contributed by atoms with E-state index in [1.54, 1.807) is 19.3 Å². The van der Waals surface area contributed by atoms with Crippen LogP contribution in [0.3, 0.4) is 0 Å². The lowest BCUT2D eigenvalue weighted by Crippen LogP contribution is -2.60. The van der Waals surface area contributed by atoms with E-state index in [9.17, 15) is 30.0 Å². The van der Waals surface area contributed by atoms with Gasteiger partial charge in [0.1, 0.15) is 53.7 Å². The summed E-state index contributed by atoms with van der Waals surface area (Å²) in [6, 6.07) is 10.2. The maximum atomic E-state index is 13.1. The van der Waals surface area contributed by atoms with Gasteiger partial charge in [-0.2, -0.15) is 0 Å². The number of rotatable bonds is 8. The minimum Gasteiger partial charge on any atom is -0.507 e. The van der Waals surface area contributed by atoms with Crippen molar-refractivity contribution in [3.05, 3.63) is 59.4 Å². The number of furan rings is 1. The highest BCUT2D eigenvalue weighted by atomic mass is 16.7. The molecule has 2 aromatic carbocycles. The maximum absolute atomic E-state index is 13.1. The van der Waals surface area contributed by atoms with Crippen LogP contribution in [0.25, 0.3) is 11.0 Å². The van der Waals surface area contributed by atoms with E-state index in [0.29, 0.717) is 12.0 Å². The topological polar surface area (TPSA) is 176 Å². The minimum atomic E-state index is -1.75. The standard InChI is InChI=1S/C25H26O11/c1-12-8-16(27)20(15(26)4-2-13-3-5-17-14(10-13)6-7-33-17)18(9-12)35-24-23(30)22(29)21(28)19(36-24)11-34-25(31)32/h3,5-10,19,21-24,27-30H,2,4,11H2,1H3,(H,31,32)/t19-,21-,22+,23-,24-/m1/s1. The van der Waals surface area contributed by atoms with Gasteiger partial charge in [-0.3, -0.25) is 4.79 Å². The first-order chi connectivity index (χ1) is 17.1. The molecule has 1 aliphatic heterocycles. The molecule has 192 valence electrons. The Hall–Kier alpha value is -3.64. The Morgan fingerprint density at radius 2 is 1.81 bits per heavy atom. The molecule has 1 aromatic heterocycles.